The number of aromatic nitrogens is 3. The first-order chi connectivity index (χ1) is 34.3. The molecule has 74 heavy (non-hydrogen) atoms. The number of anilines is 6. The standard InChI is InChI=1S/C38H35ClN12O18S5/c1-19-12-20-14-32(72(60,61)62)30(16-24(20)31(13-19)71(57,58)59)51-49-25-7-4-22(15-26(25)43-36(40)54)42-37-45-35(39)46-38(47-37)44-27-17-29(41-9-8-34(52)53)33(73(63,64)65)18-28(27)50-48-21-2-5-23(6-3-21)70(55,56)11-10-69-74(66,67)68/h2-7,12-18,41H,8-11H2,1H3,(H,52,53)(H3,40,43,54)(H,57,58,59)(H,60,61,62)(H,63,64,65)(H,66,67,68)(H2,42,44,45,46,47). The van der Waals surface area contributed by atoms with Gasteiger partial charge in [-0.15, -0.1) is 15.3 Å². The SMILES string of the molecule is Cc1cc(S(=O)(=O)O)c2cc(N=Nc3ccc(Nc4nc(Cl)nc(Nc5cc(NCCC(=O)O)c(S(=O)(=O)O)cc5N=Nc5ccc(S(=O)(=O)CCOS(=O)(=O)O)cc5)n4)cc3NC(N)=O)c(S(=O)(=O)O)cc2c1. The van der Waals surface area contributed by atoms with Gasteiger partial charge in [0.2, 0.25) is 17.2 Å². The zero-order valence-corrected chi connectivity index (χ0v) is 41.8. The number of carbonyl (C=O) groups is 2. The number of hydrogen-bond donors (Lipinski definition) is 10. The van der Waals surface area contributed by atoms with Crippen molar-refractivity contribution in [3.8, 4) is 0 Å². The Morgan fingerprint density at radius 1 is 0.662 bits per heavy atom. The van der Waals surface area contributed by atoms with E-state index in [1.54, 1.807) is 0 Å². The Morgan fingerprint density at radius 2 is 1.28 bits per heavy atom. The lowest BCUT2D eigenvalue weighted by molar-refractivity contribution is -0.136. The highest BCUT2D eigenvalue weighted by Crippen LogP contribution is 2.39. The molecule has 0 aliphatic heterocycles. The maximum absolute atomic E-state index is 12.7. The number of amides is 2. The largest absolute Gasteiger partial charge is 0.481 e. The summed E-state index contributed by atoms with van der Waals surface area (Å²) in [5.74, 6) is -2.81. The van der Waals surface area contributed by atoms with Gasteiger partial charge in [-0.3, -0.25) is 23.0 Å². The second-order valence-electron chi connectivity index (χ2n) is 14.9. The number of fused-ring (bicyclic) bond motifs is 1. The molecule has 1 aromatic heterocycles. The Kier molecular flexibility index (Phi) is 16.6. The molecule has 30 nitrogen and oxygen atoms in total. The summed E-state index contributed by atoms with van der Waals surface area (Å²) >= 11 is 6.26. The monoisotopic (exact) mass is 1140 g/mol. The first-order valence-electron chi connectivity index (χ1n) is 19.9. The van der Waals surface area contributed by atoms with Crippen LogP contribution in [0.4, 0.5) is 62.2 Å². The molecule has 0 atom stereocenters. The number of hydrogen-bond acceptors (Lipinski definition) is 23. The number of rotatable bonds is 21. The quantitative estimate of drug-likeness (QED) is 0.0291. The summed E-state index contributed by atoms with van der Waals surface area (Å²) in [6.07, 6.45) is -0.507. The molecular formula is C38H35ClN12O18S5. The molecule has 1 heterocycles. The van der Waals surface area contributed by atoms with E-state index in [0.717, 1.165) is 54.6 Å². The number of halogens is 1. The van der Waals surface area contributed by atoms with Gasteiger partial charge < -0.3 is 32.1 Å². The fourth-order valence-electron chi connectivity index (χ4n) is 6.35. The molecule has 0 fully saturated rings. The van der Waals surface area contributed by atoms with Gasteiger partial charge in [0.25, 0.3) is 30.4 Å². The Morgan fingerprint density at radius 3 is 1.89 bits per heavy atom. The van der Waals surface area contributed by atoms with E-state index < -0.39 is 107 Å². The van der Waals surface area contributed by atoms with Gasteiger partial charge >= 0.3 is 22.4 Å². The summed E-state index contributed by atoms with van der Waals surface area (Å²) in [7, 11) is -24.0. The molecule has 5 aromatic carbocycles. The average Bonchev–Trinajstić information content (AvgIpc) is 3.26. The second-order valence-corrected chi connectivity index (χ2v) is 22.6. The summed E-state index contributed by atoms with van der Waals surface area (Å²) in [5.41, 5.74) is 3.89. The number of carboxylic acids is 1. The summed E-state index contributed by atoms with van der Waals surface area (Å²) in [4.78, 5) is 33.1. The van der Waals surface area contributed by atoms with Crippen LogP contribution in [-0.4, -0.2) is 111 Å². The lowest BCUT2D eigenvalue weighted by Gasteiger charge is -2.15. The van der Waals surface area contributed by atoms with E-state index in [-0.39, 0.29) is 73.9 Å². The molecule has 0 aliphatic carbocycles. The van der Waals surface area contributed by atoms with E-state index in [1.165, 1.54) is 31.2 Å². The molecule has 6 aromatic rings. The number of primary amides is 1. The van der Waals surface area contributed by atoms with Gasteiger partial charge in [-0.2, -0.15) is 53.7 Å². The smallest absolute Gasteiger partial charge is 0.397 e. The van der Waals surface area contributed by atoms with Crippen molar-refractivity contribution in [1.82, 2.24) is 15.0 Å². The lowest BCUT2D eigenvalue weighted by atomic mass is 10.1. The summed E-state index contributed by atoms with van der Waals surface area (Å²) in [6.45, 7) is 0.234. The molecule has 0 bridgehead atoms. The minimum Gasteiger partial charge on any atom is -0.481 e. The minimum absolute atomic E-state index is 0.00502. The third kappa shape index (κ3) is 15.1. The second kappa shape index (κ2) is 21.9. The molecule has 0 saturated carbocycles. The first-order valence-corrected chi connectivity index (χ1v) is 27.6. The van der Waals surface area contributed by atoms with Crippen molar-refractivity contribution in [2.75, 3.05) is 40.2 Å². The third-order valence-corrected chi connectivity index (χ3v) is 14.4. The number of urea groups is 1. The van der Waals surface area contributed by atoms with Gasteiger partial charge in [-0.05, 0) is 102 Å². The number of benzene rings is 5. The number of carbonyl (C=O) groups excluding carboxylic acids is 1. The first kappa shape index (κ1) is 55.9. The Hall–Kier alpha value is -7.45. The molecule has 36 heteroatoms. The summed E-state index contributed by atoms with van der Waals surface area (Å²) < 4.78 is 164. The summed E-state index contributed by atoms with van der Waals surface area (Å²) in [5, 5.41) is 34.8. The van der Waals surface area contributed by atoms with Crippen LogP contribution in [0.5, 0.6) is 0 Å². The third-order valence-electron chi connectivity index (χ3n) is 9.41. The Balaban J connectivity index is 1.35. The maximum atomic E-state index is 12.7. The van der Waals surface area contributed by atoms with Crippen LogP contribution in [0.25, 0.3) is 10.8 Å². The fraction of sp³-hybridized carbons (Fsp3) is 0.132. The predicted molar refractivity (Wildman–Crippen MR) is 261 cm³/mol. The van der Waals surface area contributed by atoms with E-state index in [4.69, 9.17) is 21.9 Å². The van der Waals surface area contributed by atoms with Crippen molar-refractivity contribution in [2.45, 2.75) is 32.9 Å². The number of sulfone groups is 1. The van der Waals surface area contributed by atoms with Crippen LogP contribution < -0.4 is 27.0 Å². The van der Waals surface area contributed by atoms with Crippen LogP contribution >= 0.6 is 11.6 Å². The van der Waals surface area contributed by atoms with Gasteiger partial charge in [-0.25, -0.2) is 17.4 Å². The average molecular weight is 1140 g/mol. The van der Waals surface area contributed by atoms with Crippen molar-refractivity contribution in [1.29, 1.82) is 0 Å². The van der Waals surface area contributed by atoms with Gasteiger partial charge in [0.05, 0.1) is 46.4 Å². The maximum Gasteiger partial charge on any atom is 0.397 e. The zero-order valence-electron chi connectivity index (χ0n) is 37.0. The molecule has 2 amide bonds. The van der Waals surface area contributed by atoms with E-state index in [0.29, 0.717) is 5.56 Å². The summed E-state index contributed by atoms with van der Waals surface area (Å²) in [6, 6.07) is 13.4. The number of nitrogens with one attached hydrogen (secondary N) is 4. The minimum atomic E-state index is -5.07. The zero-order chi connectivity index (χ0) is 54.6. The van der Waals surface area contributed by atoms with Crippen LogP contribution in [-0.2, 0) is 59.6 Å². The molecule has 0 unspecified atom stereocenters. The van der Waals surface area contributed by atoms with Crippen molar-refractivity contribution >= 4 is 142 Å². The molecule has 0 saturated heterocycles. The normalized spacial score (nSPS) is 12.6. The molecule has 0 spiro atoms. The van der Waals surface area contributed by atoms with E-state index in [9.17, 15) is 70.4 Å². The van der Waals surface area contributed by atoms with Gasteiger partial charge in [0.15, 0.2) is 9.84 Å². The molecule has 6 rings (SSSR count). The lowest BCUT2D eigenvalue weighted by Crippen LogP contribution is -2.19. The van der Waals surface area contributed by atoms with Crippen LogP contribution in [0.2, 0.25) is 5.28 Å². The van der Waals surface area contributed by atoms with Gasteiger partial charge in [0.1, 0.15) is 31.7 Å². The number of aryl methyl sites for hydroxylation is 1. The topological polar surface area (TPSA) is 477 Å². The highest BCUT2D eigenvalue weighted by molar-refractivity contribution is 7.91. The molecule has 0 radical (unpaired) electrons. The Labute approximate surface area is 423 Å². The van der Waals surface area contributed by atoms with Gasteiger partial charge in [0, 0.05) is 17.6 Å². The van der Waals surface area contributed by atoms with Gasteiger partial charge in [-0.1, -0.05) is 6.07 Å². The van der Waals surface area contributed by atoms with Crippen molar-refractivity contribution in [3.63, 3.8) is 0 Å². The van der Waals surface area contributed by atoms with Crippen LogP contribution in [0.1, 0.15) is 12.0 Å². The van der Waals surface area contributed by atoms with Crippen molar-refractivity contribution in [2.24, 2.45) is 26.2 Å². The predicted octanol–water partition coefficient (Wildman–Crippen LogP) is 6.02. The van der Waals surface area contributed by atoms with Crippen LogP contribution in [0.15, 0.2) is 119 Å². The van der Waals surface area contributed by atoms with Crippen LogP contribution in [0, 0.1) is 6.92 Å². The number of azo groups is 2. The van der Waals surface area contributed by atoms with E-state index >= 15 is 0 Å². The van der Waals surface area contributed by atoms with Crippen molar-refractivity contribution < 1.29 is 79.2 Å². The highest BCUT2D eigenvalue weighted by atomic mass is 35.5. The molecule has 0 aliphatic rings. The highest BCUT2D eigenvalue weighted by Gasteiger charge is 2.24. The number of nitrogens with two attached hydrogens (primary N) is 1. The number of aliphatic carboxylic acids is 1. The van der Waals surface area contributed by atoms with Crippen molar-refractivity contribution in [3.05, 3.63) is 89.7 Å². The Bertz CT molecular complexity index is 3890. The number of carboxylic acid groups (broad SMARTS) is 1. The fourth-order valence-corrected chi connectivity index (χ4v) is 10.1. The number of nitrogens with zero attached hydrogens (tertiary/aromatic N) is 7. The molecular weight excluding hydrogens is 1110 g/mol. The molecule has 11 N–H and O–H groups in total. The van der Waals surface area contributed by atoms with E-state index in [2.05, 4.69) is 60.9 Å². The van der Waals surface area contributed by atoms with Crippen LogP contribution in [0.3, 0.4) is 0 Å². The van der Waals surface area contributed by atoms with E-state index in [1.807, 2.05) is 0 Å². The molecule has 392 valence electrons.